The summed E-state index contributed by atoms with van der Waals surface area (Å²) in [7, 11) is 0. The molecule has 2 atom stereocenters. The Morgan fingerprint density at radius 2 is 2.12 bits per heavy atom. The van der Waals surface area contributed by atoms with Crippen LogP contribution in [0.4, 0.5) is 4.79 Å². The van der Waals surface area contributed by atoms with E-state index in [2.05, 4.69) is 0 Å². The summed E-state index contributed by atoms with van der Waals surface area (Å²) in [6, 6.07) is -0.814. The Hall–Kier alpha value is -1.30. The first-order valence-electron chi connectivity index (χ1n) is 5.99. The van der Waals surface area contributed by atoms with Crippen LogP contribution in [-0.2, 0) is 9.53 Å². The number of hydrogen-bond donors (Lipinski definition) is 1. The van der Waals surface area contributed by atoms with Crippen LogP contribution in [0.15, 0.2) is 0 Å². The van der Waals surface area contributed by atoms with Crippen LogP contribution in [0.5, 0.6) is 0 Å². The van der Waals surface area contributed by atoms with E-state index in [1.165, 1.54) is 4.90 Å². The van der Waals surface area contributed by atoms with Crippen molar-refractivity contribution in [2.75, 3.05) is 26.2 Å². The van der Waals surface area contributed by atoms with E-state index in [1.807, 2.05) is 6.92 Å². The molecule has 0 aliphatic carbocycles. The summed E-state index contributed by atoms with van der Waals surface area (Å²) in [6.07, 6.45) is 1.35. The number of aliphatic carboxylic acids is 1. The van der Waals surface area contributed by atoms with Crippen LogP contribution in [0.25, 0.3) is 0 Å². The number of hydrogen-bond acceptors (Lipinski definition) is 3. The van der Waals surface area contributed by atoms with Crippen LogP contribution in [-0.4, -0.2) is 65.3 Å². The number of carbonyl (C=O) groups is 2. The molecule has 6 heteroatoms. The van der Waals surface area contributed by atoms with Gasteiger partial charge in [0, 0.05) is 19.6 Å². The molecule has 0 bridgehead atoms. The predicted molar refractivity (Wildman–Crippen MR) is 59.7 cm³/mol. The second-order valence-electron chi connectivity index (χ2n) is 4.60. The first kappa shape index (κ1) is 12.2. The SMILES string of the molecule is CC1CN(C(=O)N2CCCC2C(=O)O)CCO1. The summed E-state index contributed by atoms with van der Waals surface area (Å²) in [5.74, 6) is -0.905. The first-order valence-corrected chi connectivity index (χ1v) is 5.99. The van der Waals surface area contributed by atoms with Crippen LogP contribution in [0.2, 0.25) is 0 Å². The van der Waals surface area contributed by atoms with Gasteiger partial charge < -0.3 is 19.6 Å². The summed E-state index contributed by atoms with van der Waals surface area (Å²) < 4.78 is 5.37. The number of urea groups is 1. The van der Waals surface area contributed by atoms with Gasteiger partial charge in [-0.1, -0.05) is 0 Å². The van der Waals surface area contributed by atoms with Crippen molar-refractivity contribution in [2.45, 2.75) is 31.9 Å². The molecule has 2 heterocycles. The lowest BCUT2D eigenvalue weighted by molar-refractivity contribution is -0.141. The van der Waals surface area contributed by atoms with E-state index in [9.17, 15) is 9.59 Å². The van der Waals surface area contributed by atoms with Crippen molar-refractivity contribution in [3.63, 3.8) is 0 Å². The van der Waals surface area contributed by atoms with Gasteiger partial charge in [-0.05, 0) is 19.8 Å². The molecule has 2 fully saturated rings. The fourth-order valence-electron chi connectivity index (χ4n) is 2.43. The number of rotatable bonds is 1. The summed E-state index contributed by atoms with van der Waals surface area (Å²) in [5, 5.41) is 9.05. The molecule has 0 radical (unpaired) electrons. The average molecular weight is 242 g/mol. The van der Waals surface area contributed by atoms with Gasteiger partial charge in [-0.25, -0.2) is 9.59 Å². The monoisotopic (exact) mass is 242 g/mol. The Morgan fingerprint density at radius 3 is 2.76 bits per heavy atom. The number of morpholine rings is 1. The molecule has 2 rings (SSSR count). The van der Waals surface area contributed by atoms with Crippen molar-refractivity contribution < 1.29 is 19.4 Å². The zero-order chi connectivity index (χ0) is 12.4. The van der Waals surface area contributed by atoms with Gasteiger partial charge in [0.25, 0.3) is 0 Å². The van der Waals surface area contributed by atoms with Gasteiger partial charge in [-0.15, -0.1) is 0 Å². The van der Waals surface area contributed by atoms with Crippen molar-refractivity contribution in [3.05, 3.63) is 0 Å². The summed E-state index contributed by atoms with van der Waals surface area (Å²) in [5.41, 5.74) is 0. The van der Waals surface area contributed by atoms with E-state index >= 15 is 0 Å². The lowest BCUT2D eigenvalue weighted by atomic mass is 10.2. The van der Waals surface area contributed by atoms with E-state index in [0.29, 0.717) is 32.7 Å². The molecular formula is C11H18N2O4. The lowest BCUT2D eigenvalue weighted by Gasteiger charge is -2.35. The van der Waals surface area contributed by atoms with Crippen LogP contribution in [0.3, 0.4) is 0 Å². The molecule has 2 aliphatic rings. The van der Waals surface area contributed by atoms with Crippen molar-refractivity contribution in [1.29, 1.82) is 0 Å². The second-order valence-corrected chi connectivity index (χ2v) is 4.60. The predicted octanol–water partition coefficient (Wildman–Crippen LogP) is 0.376. The minimum Gasteiger partial charge on any atom is -0.480 e. The van der Waals surface area contributed by atoms with E-state index in [4.69, 9.17) is 9.84 Å². The molecule has 2 aliphatic heterocycles. The van der Waals surface area contributed by atoms with Crippen LogP contribution in [0.1, 0.15) is 19.8 Å². The number of carboxylic acids is 1. The van der Waals surface area contributed by atoms with Crippen molar-refractivity contribution in [3.8, 4) is 0 Å². The maximum Gasteiger partial charge on any atom is 0.326 e. The number of amides is 2. The number of likely N-dealkylation sites (tertiary alicyclic amines) is 1. The molecule has 96 valence electrons. The normalized spacial score (nSPS) is 29.5. The van der Waals surface area contributed by atoms with Gasteiger partial charge in [-0.2, -0.15) is 0 Å². The minimum absolute atomic E-state index is 0.0265. The molecule has 2 saturated heterocycles. The second kappa shape index (κ2) is 4.91. The first-order chi connectivity index (χ1) is 8.09. The van der Waals surface area contributed by atoms with E-state index in [0.717, 1.165) is 6.42 Å². The Balaban J connectivity index is 2.01. The summed E-state index contributed by atoms with van der Waals surface area (Å²) in [6.45, 7) is 4.08. The van der Waals surface area contributed by atoms with Crippen LogP contribution < -0.4 is 0 Å². The summed E-state index contributed by atoms with van der Waals surface area (Å²) in [4.78, 5) is 26.4. The third-order valence-electron chi connectivity index (χ3n) is 3.30. The highest BCUT2D eigenvalue weighted by molar-refractivity contribution is 5.83. The van der Waals surface area contributed by atoms with Crippen molar-refractivity contribution in [1.82, 2.24) is 9.80 Å². The molecule has 0 aromatic rings. The highest BCUT2D eigenvalue weighted by Gasteiger charge is 2.37. The Bertz CT molecular complexity index is 321. The van der Waals surface area contributed by atoms with E-state index < -0.39 is 12.0 Å². The fraction of sp³-hybridized carbons (Fsp3) is 0.818. The molecule has 0 aromatic carbocycles. The molecular weight excluding hydrogens is 224 g/mol. The Morgan fingerprint density at radius 1 is 1.35 bits per heavy atom. The number of nitrogens with zero attached hydrogens (tertiary/aromatic N) is 2. The van der Waals surface area contributed by atoms with E-state index in [-0.39, 0.29) is 12.1 Å². The van der Waals surface area contributed by atoms with Crippen molar-refractivity contribution in [2.24, 2.45) is 0 Å². The largest absolute Gasteiger partial charge is 0.480 e. The Kier molecular flexibility index (Phi) is 3.51. The van der Waals surface area contributed by atoms with Crippen molar-refractivity contribution >= 4 is 12.0 Å². The van der Waals surface area contributed by atoms with E-state index in [1.54, 1.807) is 4.90 Å². The maximum absolute atomic E-state index is 12.2. The molecule has 0 saturated carbocycles. The number of ether oxygens (including phenoxy) is 1. The molecule has 0 spiro atoms. The van der Waals surface area contributed by atoms with Gasteiger partial charge >= 0.3 is 12.0 Å². The van der Waals surface area contributed by atoms with Gasteiger partial charge in [-0.3, -0.25) is 0 Å². The average Bonchev–Trinajstić information content (AvgIpc) is 2.77. The maximum atomic E-state index is 12.2. The molecule has 2 amide bonds. The third-order valence-corrected chi connectivity index (χ3v) is 3.30. The Labute approximate surface area is 100 Å². The quantitative estimate of drug-likeness (QED) is 0.721. The highest BCUT2D eigenvalue weighted by Crippen LogP contribution is 2.20. The number of carboxylic acid groups (broad SMARTS) is 1. The lowest BCUT2D eigenvalue weighted by Crippen LogP contribution is -2.52. The minimum atomic E-state index is -0.905. The van der Waals surface area contributed by atoms with Gasteiger partial charge in [0.15, 0.2) is 0 Å². The van der Waals surface area contributed by atoms with Crippen LogP contribution in [0, 0.1) is 0 Å². The van der Waals surface area contributed by atoms with Gasteiger partial charge in [0.1, 0.15) is 6.04 Å². The molecule has 0 aromatic heterocycles. The smallest absolute Gasteiger partial charge is 0.326 e. The van der Waals surface area contributed by atoms with Gasteiger partial charge in [0.2, 0.25) is 0 Å². The zero-order valence-electron chi connectivity index (χ0n) is 9.96. The molecule has 6 nitrogen and oxygen atoms in total. The third kappa shape index (κ3) is 2.52. The molecule has 17 heavy (non-hydrogen) atoms. The van der Waals surface area contributed by atoms with Gasteiger partial charge in [0.05, 0.1) is 12.7 Å². The number of carbonyl (C=O) groups excluding carboxylic acids is 1. The van der Waals surface area contributed by atoms with Crippen LogP contribution >= 0.6 is 0 Å². The standard InChI is InChI=1S/C11H18N2O4/c1-8-7-12(5-6-17-8)11(16)13-4-2-3-9(13)10(14)15/h8-9H,2-7H2,1H3,(H,14,15). The fourth-order valence-corrected chi connectivity index (χ4v) is 2.43. The zero-order valence-corrected chi connectivity index (χ0v) is 9.96. The summed E-state index contributed by atoms with van der Waals surface area (Å²) >= 11 is 0. The molecule has 1 N–H and O–H groups in total. The topological polar surface area (TPSA) is 70.1 Å². The molecule has 2 unspecified atom stereocenters. The highest BCUT2D eigenvalue weighted by atomic mass is 16.5.